The van der Waals surface area contributed by atoms with Crippen LogP contribution in [0.5, 0.6) is 0 Å². The van der Waals surface area contributed by atoms with Gasteiger partial charge in [-0.2, -0.15) is 0 Å². The summed E-state index contributed by atoms with van der Waals surface area (Å²) in [5, 5.41) is 1.39. The van der Waals surface area contributed by atoms with E-state index in [1.165, 1.54) is 10.4 Å². The van der Waals surface area contributed by atoms with Crippen LogP contribution in [0.2, 0.25) is 5.02 Å². The number of aromatic amines is 1. The van der Waals surface area contributed by atoms with Gasteiger partial charge in [-0.25, -0.2) is 0 Å². The second kappa shape index (κ2) is 7.78. The van der Waals surface area contributed by atoms with E-state index in [2.05, 4.69) is 34.1 Å². The van der Waals surface area contributed by atoms with Gasteiger partial charge in [-0.3, -0.25) is 14.3 Å². The number of hydrogen-bond acceptors (Lipinski definition) is 4. The number of thiophene rings is 1. The summed E-state index contributed by atoms with van der Waals surface area (Å²) < 4.78 is 1.96. The highest BCUT2D eigenvalue weighted by molar-refractivity contribution is 7.71. The number of rotatable bonds is 3. The van der Waals surface area contributed by atoms with Gasteiger partial charge in [0.2, 0.25) is 0 Å². The van der Waals surface area contributed by atoms with Gasteiger partial charge >= 0.3 is 0 Å². The Labute approximate surface area is 188 Å². The Morgan fingerprint density at radius 3 is 2.77 bits per heavy atom. The molecule has 30 heavy (non-hydrogen) atoms. The van der Waals surface area contributed by atoms with Gasteiger partial charge < -0.3 is 4.98 Å². The number of aromatic nitrogens is 2. The molecule has 0 saturated heterocycles. The van der Waals surface area contributed by atoms with Gasteiger partial charge in [-0.05, 0) is 54.4 Å². The molecular weight excluding hydrogens is 434 g/mol. The lowest BCUT2D eigenvalue weighted by molar-refractivity contribution is 0.249. The predicted molar refractivity (Wildman–Crippen MR) is 127 cm³/mol. The fourth-order valence-electron chi connectivity index (χ4n) is 4.06. The summed E-state index contributed by atoms with van der Waals surface area (Å²) in [6.07, 6.45) is 0.858. The van der Waals surface area contributed by atoms with Crippen LogP contribution in [-0.4, -0.2) is 21.0 Å². The van der Waals surface area contributed by atoms with E-state index in [9.17, 15) is 4.79 Å². The van der Waals surface area contributed by atoms with E-state index in [-0.39, 0.29) is 5.56 Å². The molecule has 0 aliphatic carbocycles. The van der Waals surface area contributed by atoms with Gasteiger partial charge in [0.15, 0.2) is 4.77 Å². The van der Waals surface area contributed by atoms with E-state index in [0.29, 0.717) is 15.5 Å². The van der Waals surface area contributed by atoms with E-state index in [1.54, 1.807) is 22.0 Å². The standard InChI is InChI=1S/C23H20ClN3OS2/c1-14-7-8-16(11-18(14)24)27-22(28)20-17-9-10-26(12-15-5-3-2-4-6-15)13-19(17)30-21(20)25-23(27)29/h2-8,11H,9-10,12-13H2,1H3,(H,25,29). The van der Waals surface area contributed by atoms with Crippen molar-refractivity contribution in [3.8, 4) is 5.69 Å². The third-order valence-electron chi connectivity index (χ3n) is 5.64. The summed E-state index contributed by atoms with van der Waals surface area (Å²) in [5.41, 5.74) is 4.06. The molecule has 0 radical (unpaired) electrons. The number of benzene rings is 2. The molecule has 0 bridgehead atoms. The largest absolute Gasteiger partial charge is 0.323 e. The molecule has 0 amide bonds. The highest BCUT2D eigenvalue weighted by Crippen LogP contribution is 2.33. The topological polar surface area (TPSA) is 41.0 Å². The molecule has 3 heterocycles. The van der Waals surface area contributed by atoms with Gasteiger partial charge in [0.25, 0.3) is 5.56 Å². The molecule has 0 fully saturated rings. The van der Waals surface area contributed by atoms with Gasteiger partial charge in [0.05, 0.1) is 11.1 Å². The SMILES string of the molecule is Cc1ccc(-n2c(=S)[nH]c3sc4c(c3c2=O)CCN(Cc2ccccc2)C4)cc1Cl. The first kappa shape index (κ1) is 19.7. The Morgan fingerprint density at radius 1 is 1.20 bits per heavy atom. The van der Waals surface area contributed by atoms with Gasteiger partial charge in [0.1, 0.15) is 4.83 Å². The molecule has 0 spiro atoms. The van der Waals surface area contributed by atoms with Crippen LogP contribution in [0, 0.1) is 11.7 Å². The molecule has 152 valence electrons. The second-order valence-electron chi connectivity index (χ2n) is 7.66. The molecule has 0 saturated carbocycles. The summed E-state index contributed by atoms with van der Waals surface area (Å²) in [5.74, 6) is 0. The molecule has 0 unspecified atom stereocenters. The second-order valence-corrected chi connectivity index (χ2v) is 9.56. The molecular formula is C23H20ClN3OS2. The molecule has 1 aliphatic heterocycles. The Kier molecular flexibility index (Phi) is 5.11. The average molecular weight is 454 g/mol. The third kappa shape index (κ3) is 3.44. The first-order valence-corrected chi connectivity index (χ1v) is 11.4. The minimum atomic E-state index is -0.0670. The van der Waals surface area contributed by atoms with Crippen LogP contribution in [0.25, 0.3) is 15.9 Å². The summed E-state index contributed by atoms with van der Waals surface area (Å²) in [4.78, 5) is 21.3. The van der Waals surface area contributed by atoms with Crippen LogP contribution in [0.1, 0.15) is 21.6 Å². The maximum absolute atomic E-state index is 13.5. The fraction of sp³-hybridized carbons (Fsp3) is 0.217. The van der Waals surface area contributed by atoms with Gasteiger partial charge in [-0.1, -0.05) is 48.0 Å². The minimum Gasteiger partial charge on any atom is -0.323 e. The predicted octanol–water partition coefficient (Wildman–Crippen LogP) is 5.63. The van der Waals surface area contributed by atoms with Crippen LogP contribution in [-0.2, 0) is 19.5 Å². The van der Waals surface area contributed by atoms with Crippen molar-refractivity contribution in [1.82, 2.24) is 14.5 Å². The molecule has 1 N–H and O–H groups in total. The van der Waals surface area contributed by atoms with Gasteiger partial charge in [0, 0.05) is 29.5 Å². The molecule has 4 aromatic rings. The van der Waals surface area contributed by atoms with E-state index in [1.807, 2.05) is 25.1 Å². The summed E-state index contributed by atoms with van der Waals surface area (Å²) >= 11 is 13.5. The lowest BCUT2D eigenvalue weighted by atomic mass is 10.0. The summed E-state index contributed by atoms with van der Waals surface area (Å²) in [7, 11) is 0. The highest BCUT2D eigenvalue weighted by atomic mass is 35.5. The Morgan fingerprint density at radius 2 is 2.00 bits per heavy atom. The van der Waals surface area contributed by atoms with Crippen molar-refractivity contribution in [1.29, 1.82) is 0 Å². The van der Waals surface area contributed by atoms with Crippen molar-refractivity contribution >= 4 is 45.4 Å². The van der Waals surface area contributed by atoms with Crippen molar-refractivity contribution < 1.29 is 0 Å². The molecule has 1 aliphatic rings. The Balaban J connectivity index is 1.56. The number of aryl methyl sites for hydroxylation is 1. The lowest BCUT2D eigenvalue weighted by Gasteiger charge is -2.26. The minimum absolute atomic E-state index is 0.0670. The average Bonchev–Trinajstić information content (AvgIpc) is 3.09. The quantitative estimate of drug-likeness (QED) is 0.409. The molecule has 0 atom stereocenters. The normalized spacial score (nSPS) is 14.2. The van der Waals surface area contributed by atoms with Crippen molar-refractivity contribution in [2.45, 2.75) is 26.4 Å². The lowest BCUT2D eigenvalue weighted by Crippen LogP contribution is -2.30. The molecule has 4 nitrogen and oxygen atoms in total. The number of nitrogens with one attached hydrogen (secondary N) is 1. The molecule has 2 aromatic carbocycles. The summed E-state index contributed by atoms with van der Waals surface area (Å²) in [6, 6.07) is 16.1. The number of halogens is 1. The molecule has 5 rings (SSSR count). The van der Waals surface area contributed by atoms with Crippen molar-refractivity contribution in [3.05, 3.63) is 90.2 Å². The van der Waals surface area contributed by atoms with Crippen LogP contribution >= 0.6 is 35.2 Å². The number of H-pyrrole nitrogens is 1. The smallest absolute Gasteiger partial charge is 0.267 e. The highest BCUT2D eigenvalue weighted by Gasteiger charge is 2.24. The van der Waals surface area contributed by atoms with Gasteiger partial charge in [-0.15, -0.1) is 11.3 Å². The zero-order valence-electron chi connectivity index (χ0n) is 16.4. The fourth-order valence-corrected chi connectivity index (χ4v) is 5.87. The zero-order chi connectivity index (χ0) is 20.8. The first-order valence-electron chi connectivity index (χ1n) is 9.83. The zero-order valence-corrected chi connectivity index (χ0v) is 18.8. The van der Waals surface area contributed by atoms with Crippen LogP contribution in [0.3, 0.4) is 0 Å². The monoisotopic (exact) mass is 453 g/mol. The maximum atomic E-state index is 13.5. The third-order valence-corrected chi connectivity index (χ3v) is 7.46. The first-order chi connectivity index (χ1) is 14.5. The van der Waals surface area contributed by atoms with Crippen molar-refractivity contribution in [3.63, 3.8) is 0 Å². The van der Waals surface area contributed by atoms with Crippen LogP contribution in [0.4, 0.5) is 0 Å². The van der Waals surface area contributed by atoms with E-state index < -0.39 is 0 Å². The van der Waals surface area contributed by atoms with Crippen LogP contribution in [0.15, 0.2) is 53.3 Å². The number of nitrogens with zero attached hydrogens (tertiary/aromatic N) is 2. The summed E-state index contributed by atoms with van der Waals surface area (Å²) in [6.45, 7) is 4.63. The van der Waals surface area contributed by atoms with Crippen molar-refractivity contribution in [2.24, 2.45) is 0 Å². The van der Waals surface area contributed by atoms with E-state index >= 15 is 0 Å². The molecule has 2 aromatic heterocycles. The van der Waals surface area contributed by atoms with Crippen LogP contribution < -0.4 is 5.56 Å². The molecule has 7 heteroatoms. The number of fused-ring (bicyclic) bond motifs is 3. The van der Waals surface area contributed by atoms with E-state index in [0.717, 1.165) is 47.4 Å². The Bertz CT molecular complexity index is 1370. The Hall–Kier alpha value is -2.25. The maximum Gasteiger partial charge on any atom is 0.267 e. The van der Waals surface area contributed by atoms with E-state index in [4.69, 9.17) is 23.8 Å². The number of hydrogen-bond donors (Lipinski definition) is 1. The van der Waals surface area contributed by atoms with Crippen molar-refractivity contribution in [2.75, 3.05) is 6.54 Å².